The number of nitrogens with one attached hydrogen (secondary N) is 1. The number of carbonyl (C=O) groups excluding carboxylic acids is 1. The largest absolute Gasteiger partial charge is 0.468 e. The Bertz CT molecular complexity index is 685. The number of nitro benzene ring substituents is 1. The molecule has 1 aromatic carbocycles. The van der Waals surface area contributed by atoms with Gasteiger partial charge >= 0.3 is 0 Å². The van der Waals surface area contributed by atoms with Gasteiger partial charge in [-0.25, -0.2) is 0 Å². The monoisotopic (exact) mass is 334 g/mol. The van der Waals surface area contributed by atoms with E-state index in [0.29, 0.717) is 17.9 Å². The van der Waals surface area contributed by atoms with Crippen molar-refractivity contribution < 1.29 is 14.1 Å². The Balaban J connectivity index is 2.04. The fraction of sp³-hybridized carbons (Fsp3) is 0.312. The second-order valence-electron chi connectivity index (χ2n) is 5.03. The van der Waals surface area contributed by atoms with E-state index in [2.05, 4.69) is 5.32 Å². The third-order valence-electron chi connectivity index (χ3n) is 3.36. The zero-order valence-corrected chi connectivity index (χ0v) is 13.8. The highest BCUT2D eigenvalue weighted by Gasteiger charge is 2.19. The summed E-state index contributed by atoms with van der Waals surface area (Å²) in [6.07, 6.45) is 2.26. The lowest BCUT2D eigenvalue weighted by Crippen LogP contribution is -2.25. The first-order chi connectivity index (χ1) is 11.0. The zero-order chi connectivity index (χ0) is 16.8. The molecule has 122 valence electrons. The molecule has 1 atom stereocenters. The molecule has 0 aliphatic rings. The van der Waals surface area contributed by atoms with Crippen LogP contribution in [0.15, 0.2) is 41.0 Å². The minimum absolute atomic E-state index is 0.0396. The van der Waals surface area contributed by atoms with E-state index >= 15 is 0 Å². The molecule has 6 nitrogen and oxygen atoms in total. The summed E-state index contributed by atoms with van der Waals surface area (Å²) in [7, 11) is 0. The molecule has 2 aromatic rings. The fourth-order valence-corrected chi connectivity index (χ4v) is 3.00. The van der Waals surface area contributed by atoms with Gasteiger partial charge < -0.3 is 9.73 Å². The number of nitro groups is 1. The zero-order valence-electron chi connectivity index (χ0n) is 12.9. The van der Waals surface area contributed by atoms with Crippen LogP contribution in [0.4, 0.5) is 11.4 Å². The predicted molar refractivity (Wildman–Crippen MR) is 90.5 cm³/mol. The number of benzene rings is 1. The van der Waals surface area contributed by atoms with Crippen molar-refractivity contribution in [3.05, 3.63) is 58.0 Å². The summed E-state index contributed by atoms with van der Waals surface area (Å²) in [6.45, 7) is 3.73. The molecule has 0 saturated heterocycles. The molecule has 7 heteroatoms. The van der Waals surface area contributed by atoms with Crippen molar-refractivity contribution in [2.75, 3.05) is 5.32 Å². The van der Waals surface area contributed by atoms with Gasteiger partial charge in [0.2, 0.25) is 5.91 Å². The molecule has 0 radical (unpaired) electrons. The van der Waals surface area contributed by atoms with Gasteiger partial charge in [-0.15, -0.1) is 11.8 Å². The summed E-state index contributed by atoms with van der Waals surface area (Å²) >= 11 is 1.48. The molecule has 0 saturated carbocycles. The number of rotatable bonds is 7. The van der Waals surface area contributed by atoms with Gasteiger partial charge in [-0.05, 0) is 31.0 Å². The lowest BCUT2D eigenvalue weighted by atomic mass is 10.1. The van der Waals surface area contributed by atoms with E-state index in [1.54, 1.807) is 19.3 Å². The third-order valence-corrected chi connectivity index (χ3v) is 4.76. The van der Waals surface area contributed by atoms with Gasteiger partial charge in [0.15, 0.2) is 0 Å². The molecule has 23 heavy (non-hydrogen) atoms. The van der Waals surface area contributed by atoms with Gasteiger partial charge in [-0.2, -0.15) is 0 Å². The molecule has 1 heterocycles. The van der Waals surface area contributed by atoms with Crippen LogP contribution in [0.2, 0.25) is 0 Å². The first-order valence-electron chi connectivity index (χ1n) is 7.21. The summed E-state index contributed by atoms with van der Waals surface area (Å²) < 4.78 is 5.26. The summed E-state index contributed by atoms with van der Waals surface area (Å²) in [5.41, 5.74) is 1.22. The number of nitrogens with zero attached hydrogens (tertiary/aromatic N) is 1. The molecular formula is C16H18N2O4S. The minimum atomic E-state index is -0.474. The molecule has 2 rings (SSSR count). The molecular weight excluding hydrogens is 316 g/mol. The molecule has 1 amide bonds. The SMILES string of the molecule is CCC(SCc1ccco1)C(=O)Nc1cc([N+](=O)[O-])ccc1C. The summed E-state index contributed by atoms with van der Waals surface area (Å²) in [5.74, 6) is 1.26. The Morgan fingerprint density at radius 3 is 2.83 bits per heavy atom. The average Bonchev–Trinajstić information content (AvgIpc) is 3.03. The van der Waals surface area contributed by atoms with Crippen molar-refractivity contribution in [1.82, 2.24) is 0 Å². The van der Waals surface area contributed by atoms with E-state index in [1.165, 1.54) is 23.9 Å². The first-order valence-corrected chi connectivity index (χ1v) is 8.26. The van der Waals surface area contributed by atoms with Gasteiger partial charge in [0, 0.05) is 12.1 Å². The maximum Gasteiger partial charge on any atom is 0.271 e. The summed E-state index contributed by atoms with van der Waals surface area (Å²) in [4.78, 5) is 22.8. The second kappa shape index (κ2) is 7.82. The van der Waals surface area contributed by atoms with E-state index in [-0.39, 0.29) is 16.8 Å². The van der Waals surface area contributed by atoms with Crippen molar-refractivity contribution in [3.8, 4) is 0 Å². The van der Waals surface area contributed by atoms with Crippen molar-refractivity contribution in [2.45, 2.75) is 31.3 Å². The fourth-order valence-electron chi connectivity index (χ4n) is 2.03. The van der Waals surface area contributed by atoms with E-state index in [0.717, 1.165) is 11.3 Å². The Morgan fingerprint density at radius 1 is 1.43 bits per heavy atom. The standard InChI is InChI=1S/C16H18N2O4S/c1-3-15(23-10-13-5-4-8-22-13)16(19)17-14-9-12(18(20)21)7-6-11(14)2/h4-9,15H,3,10H2,1-2H3,(H,17,19). The van der Waals surface area contributed by atoms with Crippen LogP contribution in [0.5, 0.6) is 0 Å². The number of carbonyl (C=O) groups is 1. The normalized spacial score (nSPS) is 11.9. The maximum atomic E-state index is 12.4. The lowest BCUT2D eigenvalue weighted by Gasteiger charge is -2.15. The molecule has 0 bridgehead atoms. The number of non-ortho nitro benzene ring substituents is 1. The Labute approximate surface area is 138 Å². The van der Waals surface area contributed by atoms with Crippen LogP contribution in [0.1, 0.15) is 24.7 Å². The quantitative estimate of drug-likeness (QED) is 0.607. The van der Waals surface area contributed by atoms with Crippen LogP contribution < -0.4 is 5.32 Å². The highest BCUT2D eigenvalue weighted by molar-refractivity contribution is 7.99. The number of amides is 1. The Hall–Kier alpha value is -2.28. The number of anilines is 1. The van der Waals surface area contributed by atoms with Crippen LogP contribution in [0, 0.1) is 17.0 Å². The minimum Gasteiger partial charge on any atom is -0.468 e. The molecule has 0 aliphatic carbocycles. The first kappa shape index (κ1) is 17.1. The molecule has 1 unspecified atom stereocenters. The molecule has 0 spiro atoms. The second-order valence-corrected chi connectivity index (χ2v) is 6.22. The topological polar surface area (TPSA) is 85.4 Å². The van der Waals surface area contributed by atoms with E-state index in [1.807, 2.05) is 19.1 Å². The summed E-state index contributed by atoms with van der Waals surface area (Å²) in [6, 6.07) is 8.11. The number of aryl methyl sites for hydroxylation is 1. The Morgan fingerprint density at radius 2 is 2.22 bits per heavy atom. The number of thioether (sulfide) groups is 1. The van der Waals surface area contributed by atoms with E-state index in [4.69, 9.17) is 4.42 Å². The van der Waals surface area contributed by atoms with Gasteiger partial charge in [-0.3, -0.25) is 14.9 Å². The average molecular weight is 334 g/mol. The number of furan rings is 1. The van der Waals surface area contributed by atoms with Crippen molar-refractivity contribution in [3.63, 3.8) is 0 Å². The molecule has 1 N–H and O–H groups in total. The lowest BCUT2D eigenvalue weighted by molar-refractivity contribution is -0.384. The number of hydrogen-bond acceptors (Lipinski definition) is 5. The molecule has 0 aliphatic heterocycles. The third kappa shape index (κ3) is 4.59. The van der Waals surface area contributed by atoms with Gasteiger partial charge in [0.05, 0.1) is 27.9 Å². The van der Waals surface area contributed by atoms with Gasteiger partial charge in [0.1, 0.15) is 5.76 Å². The Kier molecular flexibility index (Phi) is 5.81. The van der Waals surface area contributed by atoms with Crippen molar-refractivity contribution >= 4 is 29.0 Å². The van der Waals surface area contributed by atoms with Gasteiger partial charge in [-0.1, -0.05) is 13.0 Å². The highest BCUT2D eigenvalue weighted by Crippen LogP contribution is 2.25. The maximum absolute atomic E-state index is 12.4. The number of hydrogen-bond donors (Lipinski definition) is 1. The van der Waals surface area contributed by atoms with E-state index in [9.17, 15) is 14.9 Å². The van der Waals surface area contributed by atoms with Crippen LogP contribution in [-0.4, -0.2) is 16.1 Å². The highest BCUT2D eigenvalue weighted by atomic mass is 32.2. The van der Waals surface area contributed by atoms with Crippen molar-refractivity contribution in [2.24, 2.45) is 0 Å². The predicted octanol–water partition coefficient (Wildman–Crippen LogP) is 4.15. The smallest absolute Gasteiger partial charge is 0.271 e. The van der Waals surface area contributed by atoms with Crippen LogP contribution in [-0.2, 0) is 10.5 Å². The van der Waals surface area contributed by atoms with Crippen LogP contribution in [0.3, 0.4) is 0 Å². The van der Waals surface area contributed by atoms with Crippen LogP contribution >= 0.6 is 11.8 Å². The molecule has 1 aromatic heterocycles. The van der Waals surface area contributed by atoms with Crippen LogP contribution in [0.25, 0.3) is 0 Å². The van der Waals surface area contributed by atoms with Crippen molar-refractivity contribution in [1.29, 1.82) is 0 Å². The van der Waals surface area contributed by atoms with Gasteiger partial charge in [0.25, 0.3) is 5.69 Å². The molecule has 0 fully saturated rings. The summed E-state index contributed by atoms with van der Waals surface area (Å²) in [5, 5.41) is 13.4. The van der Waals surface area contributed by atoms with E-state index < -0.39 is 4.92 Å².